The van der Waals surface area contributed by atoms with Crippen molar-refractivity contribution >= 4 is 17.2 Å². The van der Waals surface area contributed by atoms with E-state index in [0.29, 0.717) is 13.2 Å². The Morgan fingerprint density at radius 1 is 1.47 bits per heavy atom. The Balaban J connectivity index is 1.95. The highest BCUT2D eigenvalue weighted by Crippen LogP contribution is 2.15. The van der Waals surface area contributed by atoms with Crippen molar-refractivity contribution in [3.8, 4) is 6.01 Å². The molecule has 0 radical (unpaired) electrons. The average Bonchev–Trinajstić information content (AvgIpc) is 2.93. The summed E-state index contributed by atoms with van der Waals surface area (Å²) in [5.41, 5.74) is 0. The lowest BCUT2D eigenvalue weighted by atomic mass is 10.5. The molecule has 2 heterocycles. The van der Waals surface area contributed by atoms with Crippen molar-refractivity contribution in [3.05, 3.63) is 34.4 Å². The summed E-state index contributed by atoms with van der Waals surface area (Å²) in [4.78, 5) is 8.78. The van der Waals surface area contributed by atoms with Gasteiger partial charge in [-0.1, -0.05) is 6.07 Å². The largest absolute Gasteiger partial charge is 0.458 e. The van der Waals surface area contributed by atoms with Crippen molar-refractivity contribution in [3.63, 3.8) is 0 Å². The van der Waals surface area contributed by atoms with E-state index in [4.69, 9.17) is 9.47 Å². The number of nitrogens with zero attached hydrogens (tertiary/aromatic N) is 2. The minimum atomic E-state index is -0.539. The van der Waals surface area contributed by atoms with Crippen molar-refractivity contribution in [2.75, 3.05) is 18.7 Å². The Morgan fingerprint density at radius 2 is 2.37 bits per heavy atom. The summed E-state index contributed by atoms with van der Waals surface area (Å²) < 4.78 is 23.9. The number of rotatable bonds is 7. The van der Waals surface area contributed by atoms with Crippen molar-refractivity contribution in [1.29, 1.82) is 0 Å². The first-order valence-corrected chi connectivity index (χ1v) is 6.67. The number of ether oxygens (including phenoxy) is 2. The van der Waals surface area contributed by atoms with E-state index in [0.717, 1.165) is 11.1 Å². The lowest BCUT2D eigenvalue weighted by Crippen LogP contribution is -2.10. The minimum Gasteiger partial charge on any atom is -0.458 e. The third kappa shape index (κ3) is 4.15. The number of thiophene rings is 1. The van der Waals surface area contributed by atoms with E-state index in [1.54, 1.807) is 11.3 Å². The number of aromatic nitrogens is 2. The van der Waals surface area contributed by atoms with Crippen molar-refractivity contribution in [2.24, 2.45) is 0 Å². The quantitative estimate of drug-likeness (QED) is 0.625. The summed E-state index contributed by atoms with van der Waals surface area (Å²) in [5, 5.41) is 4.68. The Morgan fingerprint density at radius 3 is 3.11 bits per heavy atom. The van der Waals surface area contributed by atoms with Crippen LogP contribution in [0.5, 0.6) is 6.01 Å². The maximum atomic E-state index is 13.4. The van der Waals surface area contributed by atoms with Crippen LogP contribution in [0.3, 0.4) is 0 Å². The zero-order valence-corrected chi connectivity index (χ0v) is 11.2. The molecule has 0 saturated carbocycles. The molecule has 0 unspecified atom stereocenters. The maximum absolute atomic E-state index is 13.4. The fourth-order valence-electron chi connectivity index (χ4n) is 1.30. The van der Waals surface area contributed by atoms with Gasteiger partial charge in [0.25, 0.3) is 0 Å². The molecule has 7 heteroatoms. The van der Waals surface area contributed by atoms with Crippen LogP contribution in [-0.2, 0) is 11.3 Å². The molecule has 2 aromatic rings. The van der Waals surface area contributed by atoms with Crippen LogP contribution in [0, 0.1) is 5.82 Å². The van der Waals surface area contributed by atoms with Crippen molar-refractivity contribution < 1.29 is 13.9 Å². The fraction of sp³-hybridized carbons (Fsp3) is 0.333. The van der Waals surface area contributed by atoms with E-state index < -0.39 is 5.82 Å². The first-order valence-electron chi connectivity index (χ1n) is 5.79. The molecule has 1 N–H and O–H groups in total. The third-order valence-electron chi connectivity index (χ3n) is 2.19. The first-order chi connectivity index (χ1) is 9.29. The second-order valence-electron chi connectivity index (χ2n) is 3.53. The number of anilines is 1. The van der Waals surface area contributed by atoms with E-state index >= 15 is 0 Å². The molecule has 0 bridgehead atoms. The van der Waals surface area contributed by atoms with Gasteiger partial charge in [0.15, 0.2) is 11.6 Å². The van der Waals surface area contributed by atoms with Crippen LogP contribution >= 0.6 is 11.3 Å². The van der Waals surface area contributed by atoms with E-state index in [-0.39, 0.29) is 18.6 Å². The summed E-state index contributed by atoms with van der Waals surface area (Å²) >= 11 is 1.58. The fourth-order valence-corrected chi connectivity index (χ4v) is 1.91. The third-order valence-corrected chi connectivity index (χ3v) is 3.04. The first kappa shape index (κ1) is 13.7. The van der Waals surface area contributed by atoms with Crippen LogP contribution in [0.1, 0.15) is 11.8 Å². The van der Waals surface area contributed by atoms with Gasteiger partial charge in [0.2, 0.25) is 0 Å². The van der Waals surface area contributed by atoms with Crippen LogP contribution < -0.4 is 10.1 Å². The molecule has 0 atom stereocenters. The summed E-state index contributed by atoms with van der Waals surface area (Å²) in [5.74, 6) is -0.465. The SMILES string of the molecule is CCOCNc1nc(OCc2cccs2)ncc1F. The molecule has 0 aromatic carbocycles. The summed E-state index contributed by atoms with van der Waals surface area (Å²) in [6.45, 7) is 2.96. The van der Waals surface area contributed by atoms with Gasteiger partial charge in [-0.05, 0) is 18.4 Å². The summed E-state index contributed by atoms with van der Waals surface area (Å²) in [6.07, 6.45) is 1.07. The molecule has 102 valence electrons. The Hall–Kier alpha value is -1.73. The van der Waals surface area contributed by atoms with Crippen LogP contribution in [0.4, 0.5) is 10.2 Å². The monoisotopic (exact) mass is 283 g/mol. The predicted molar refractivity (Wildman–Crippen MR) is 70.8 cm³/mol. The van der Waals surface area contributed by atoms with Gasteiger partial charge in [0, 0.05) is 11.5 Å². The number of hydrogen-bond acceptors (Lipinski definition) is 6. The van der Waals surface area contributed by atoms with Gasteiger partial charge in [0.1, 0.15) is 13.3 Å². The van der Waals surface area contributed by atoms with Gasteiger partial charge < -0.3 is 14.8 Å². The van der Waals surface area contributed by atoms with E-state index in [1.165, 1.54) is 0 Å². The molecule has 0 spiro atoms. The topological polar surface area (TPSA) is 56.3 Å². The van der Waals surface area contributed by atoms with Gasteiger partial charge in [-0.25, -0.2) is 9.37 Å². The zero-order valence-electron chi connectivity index (χ0n) is 10.4. The molecular weight excluding hydrogens is 269 g/mol. The van der Waals surface area contributed by atoms with Crippen LogP contribution in [0.15, 0.2) is 23.7 Å². The van der Waals surface area contributed by atoms with Gasteiger partial charge in [-0.2, -0.15) is 4.98 Å². The molecule has 0 aliphatic rings. The van der Waals surface area contributed by atoms with E-state index in [1.807, 2.05) is 24.4 Å². The highest BCUT2D eigenvalue weighted by Gasteiger charge is 2.07. The lowest BCUT2D eigenvalue weighted by Gasteiger charge is -2.08. The van der Waals surface area contributed by atoms with E-state index in [9.17, 15) is 4.39 Å². The Bertz CT molecular complexity index is 508. The van der Waals surface area contributed by atoms with Gasteiger partial charge in [-0.3, -0.25) is 0 Å². The smallest absolute Gasteiger partial charge is 0.318 e. The molecule has 0 amide bonds. The second kappa shape index (κ2) is 7.01. The van der Waals surface area contributed by atoms with Crippen molar-refractivity contribution in [1.82, 2.24) is 9.97 Å². The molecule has 0 saturated heterocycles. The summed E-state index contributed by atoms with van der Waals surface area (Å²) in [6, 6.07) is 4.01. The molecule has 0 aliphatic heterocycles. The molecule has 5 nitrogen and oxygen atoms in total. The minimum absolute atomic E-state index is 0.0737. The molecule has 19 heavy (non-hydrogen) atoms. The van der Waals surface area contributed by atoms with E-state index in [2.05, 4.69) is 15.3 Å². The van der Waals surface area contributed by atoms with Crippen molar-refractivity contribution in [2.45, 2.75) is 13.5 Å². The standard InChI is InChI=1S/C12H14FN3O2S/c1-2-17-8-15-11-10(13)6-14-12(16-11)18-7-9-4-3-5-19-9/h3-6H,2,7-8H2,1H3,(H,14,15,16). The molecule has 2 aromatic heterocycles. The molecule has 2 rings (SSSR count). The Kier molecular flexibility index (Phi) is 5.05. The number of halogens is 1. The van der Waals surface area contributed by atoms with Crippen LogP contribution in [0.25, 0.3) is 0 Å². The van der Waals surface area contributed by atoms with Gasteiger partial charge >= 0.3 is 6.01 Å². The lowest BCUT2D eigenvalue weighted by molar-refractivity contribution is 0.166. The highest BCUT2D eigenvalue weighted by molar-refractivity contribution is 7.09. The zero-order chi connectivity index (χ0) is 13.5. The molecule has 0 fully saturated rings. The average molecular weight is 283 g/mol. The van der Waals surface area contributed by atoms with Crippen LogP contribution in [-0.4, -0.2) is 23.3 Å². The maximum Gasteiger partial charge on any atom is 0.318 e. The molecular formula is C12H14FN3O2S. The normalized spacial score (nSPS) is 10.4. The number of hydrogen-bond donors (Lipinski definition) is 1. The number of nitrogens with one attached hydrogen (secondary N) is 1. The predicted octanol–water partition coefficient (Wildman–Crippen LogP) is 2.66. The van der Waals surface area contributed by atoms with Crippen LogP contribution in [0.2, 0.25) is 0 Å². The summed E-state index contributed by atoms with van der Waals surface area (Å²) in [7, 11) is 0. The Labute approximate surface area is 114 Å². The van der Waals surface area contributed by atoms with Gasteiger partial charge in [0.05, 0.1) is 6.20 Å². The second-order valence-corrected chi connectivity index (χ2v) is 4.56. The molecule has 0 aliphatic carbocycles. The highest BCUT2D eigenvalue weighted by atomic mass is 32.1. The van der Waals surface area contributed by atoms with Gasteiger partial charge in [-0.15, -0.1) is 11.3 Å².